The van der Waals surface area contributed by atoms with E-state index in [-0.39, 0.29) is 5.82 Å². The summed E-state index contributed by atoms with van der Waals surface area (Å²) >= 11 is 3.29. The first-order valence-corrected chi connectivity index (χ1v) is 6.82. The maximum atomic E-state index is 13.3. The van der Waals surface area contributed by atoms with E-state index >= 15 is 0 Å². The molecule has 0 radical (unpaired) electrons. The molecule has 1 aromatic rings. The van der Waals surface area contributed by atoms with Crippen LogP contribution in [0.3, 0.4) is 0 Å². The molecule has 0 bridgehead atoms. The van der Waals surface area contributed by atoms with E-state index in [0.717, 1.165) is 30.5 Å². The Morgan fingerprint density at radius 2 is 2.11 bits per heavy atom. The van der Waals surface area contributed by atoms with Gasteiger partial charge in [0.2, 0.25) is 0 Å². The molecule has 1 N–H and O–H groups in total. The molecule has 0 spiro atoms. The monoisotopic (exact) mass is 318 g/mol. The third-order valence-corrected chi connectivity index (χ3v) is 2.88. The van der Waals surface area contributed by atoms with Crippen molar-refractivity contribution in [3.05, 3.63) is 28.5 Å². The molecule has 1 aromatic carbocycles. The second-order valence-electron chi connectivity index (χ2n) is 4.33. The molecule has 1 rings (SSSR count). The second kappa shape index (κ2) is 8.45. The summed E-state index contributed by atoms with van der Waals surface area (Å²) < 4.78 is 19.5. The Morgan fingerprint density at radius 3 is 2.83 bits per heavy atom. The molecular formula is C13H20BrFN2O. The van der Waals surface area contributed by atoms with E-state index in [1.165, 1.54) is 6.07 Å². The summed E-state index contributed by atoms with van der Waals surface area (Å²) in [6.45, 7) is 3.20. The topological polar surface area (TPSA) is 24.5 Å². The van der Waals surface area contributed by atoms with Gasteiger partial charge in [-0.25, -0.2) is 4.39 Å². The van der Waals surface area contributed by atoms with Gasteiger partial charge in [0.15, 0.2) is 11.6 Å². The smallest absolute Gasteiger partial charge is 0.165 e. The molecule has 0 aliphatic carbocycles. The summed E-state index contributed by atoms with van der Waals surface area (Å²) in [5.41, 5.74) is 0. The molecule has 3 nitrogen and oxygen atoms in total. The van der Waals surface area contributed by atoms with Crippen LogP contribution in [0.4, 0.5) is 4.39 Å². The van der Waals surface area contributed by atoms with Crippen molar-refractivity contribution in [1.82, 2.24) is 10.2 Å². The zero-order valence-electron chi connectivity index (χ0n) is 10.9. The zero-order chi connectivity index (χ0) is 13.4. The minimum atomic E-state index is -0.328. The number of nitrogens with zero attached hydrogens (tertiary/aromatic N) is 1. The van der Waals surface area contributed by atoms with Crippen LogP contribution in [-0.4, -0.2) is 45.2 Å². The Labute approximate surface area is 116 Å². The summed E-state index contributed by atoms with van der Waals surface area (Å²) in [5.74, 6) is -0.0368. The first-order chi connectivity index (χ1) is 8.59. The molecule has 18 heavy (non-hydrogen) atoms. The summed E-state index contributed by atoms with van der Waals surface area (Å²) in [6, 6.07) is 4.69. The highest BCUT2D eigenvalue weighted by Gasteiger charge is 2.03. The van der Waals surface area contributed by atoms with Crippen molar-refractivity contribution in [2.45, 2.75) is 6.42 Å². The molecule has 5 heteroatoms. The van der Waals surface area contributed by atoms with Gasteiger partial charge in [-0.1, -0.05) is 15.9 Å². The van der Waals surface area contributed by atoms with Crippen molar-refractivity contribution < 1.29 is 9.13 Å². The van der Waals surface area contributed by atoms with Gasteiger partial charge < -0.3 is 15.0 Å². The maximum absolute atomic E-state index is 13.3. The third-order valence-electron chi connectivity index (χ3n) is 2.39. The number of nitrogens with one attached hydrogen (secondary N) is 1. The average molecular weight is 319 g/mol. The molecule has 102 valence electrons. The van der Waals surface area contributed by atoms with Crippen LogP contribution in [0.1, 0.15) is 6.42 Å². The summed E-state index contributed by atoms with van der Waals surface area (Å²) in [7, 11) is 4.11. The maximum Gasteiger partial charge on any atom is 0.165 e. The van der Waals surface area contributed by atoms with Gasteiger partial charge in [0.1, 0.15) is 6.61 Å². The molecule has 0 saturated carbocycles. The van der Waals surface area contributed by atoms with Gasteiger partial charge in [0.05, 0.1) is 0 Å². The molecular weight excluding hydrogens is 299 g/mol. The van der Waals surface area contributed by atoms with Gasteiger partial charge in [-0.05, 0) is 51.8 Å². The van der Waals surface area contributed by atoms with Gasteiger partial charge in [-0.15, -0.1) is 0 Å². The van der Waals surface area contributed by atoms with Crippen LogP contribution < -0.4 is 10.1 Å². The summed E-state index contributed by atoms with van der Waals surface area (Å²) in [5, 5.41) is 3.26. The molecule has 0 aliphatic heterocycles. The number of rotatable bonds is 8. The number of ether oxygens (including phenoxy) is 1. The molecule has 0 unspecified atom stereocenters. The van der Waals surface area contributed by atoms with Crippen molar-refractivity contribution >= 4 is 15.9 Å². The Bertz CT molecular complexity index is 361. The SMILES string of the molecule is CN(C)CCCNCCOc1cc(Br)ccc1F. The fourth-order valence-electron chi connectivity index (χ4n) is 1.47. The Hall–Kier alpha value is -0.650. The molecule has 0 heterocycles. The molecule has 0 aromatic heterocycles. The van der Waals surface area contributed by atoms with Crippen LogP contribution in [0, 0.1) is 5.82 Å². The normalized spacial score (nSPS) is 10.9. The van der Waals surface area contributed by atoms with Crippen LogP contribution in [0.25, 0.3) is 0 Å². The van der Waals surface area contributed by atoms with E-state index < -0.39 is 0 Å². The van der Waals surface area contributed by atoms with Crippen LogP contribution in [0.5, 0.6) is 5.75 Å². The first kappa shape index (κ1) is 15.4. The van der Waals surface area contributed by atoms with Gasteiger partial charge in [0, 0.05) is 11.0 Å². The van der Waals surface area contributed by atoms with E-state index in [1.807, 2.05) is 0 Å². The lowest BCUT2D eigenvalue weighted by Gasteiger charge is -2.10. The zero-order valence-corrected chi connectivity index (χ0v) is 12.5. The predicted molar refractivity (Wildman–Crippen MR) is 75.6 cm³/mol. The van der Waals surface area contributed by atoms with E-state index in [4.69, 9.17) is 4.74 Å². The van der Waals surface area contributed by atoms with Crippen molar-refractivity contribution in [3.8, 4) is 5.75 Å². The number of halogens is 2. The van der Waals surface area contributed by atoms with Crippen LogP contribution in [0.15, 0.2) is 22.7 Å². The van der Waals surface area contributed by atoms with Crippen LogP contribution in [-0.2, 0) is 0 Å². The number of benzene rings is 1. The van der Waals surface area contributed by atoms with Crippen molar-refractivity contribution in [3.63, 3.8) is 0 Å². The van der Waals surface area contributed by atoms with Gasteiger partial charge >= 0.3 is 0 Å². The summed E-state index contributed by atoms with van der Waals surface area (Å²) in [6.07, 6.45) is 1.10. The molecule has 0 aliphatic rings. The third kappa shape index (κ3) is 6.33. The Morgan fingerprint density at radius 1 is 1.33 bits per heavy atom. The summed E-state index contributed by atoms with van der Waals surface area (Å²) in [4.78, 5) is 2.15. The van der Waals surface area contributed by atoms with E-state index in [0.29, 0.717) is 12.4 Å². The van der Waals surface area contributed by atoms with Gasteiger partial charge in [-0.2, -0.15) is 0 Å². The average Bonchev–Trinajstić information content (AvgIpc) is 2.32. The largest absolute Gasteiger partial charge is 0.489 e. The van der Waals surface area contributed by atoms with E-state index in [9.17, 15) is 4.39 Å². The lowest BCUT2D eigenvalue weighted by Crippen LogP contribution is -2.25. The number of hydrogen-bond acceptors (Lipinski definition) is 3. The molecule has 0 fully saturated rings. The highest BCUT2D eigenvalue weighted by atomic mass is 79.9. The van der Waals surface area contributed by atoms with Crippen LogP contribution in [0.2, 0.25) is 0 Å². The van der Waals surface area contributed by atoms with Crippen molar-refractivity contribution in [2.75, 3.05) is 40.3 Å². The lowest BCUT2D eigenvalue weighted by molar-refractivity contribution is 0.296. The first-order valence-electron chi connectivity index (χ1n) is 6.03. The van der Waals surface area contributed by atoms with Gasteiger partial charge in [0.25, 0.3) is 0 Å². The van der Waals surface area contributed by atoms with Crippen molar-refractivity contribution in [1.29, 1.82) is 0 Å². The highest BCUT2D eigenvalue weighted by molar-refractivity contribution is 9.10. The highest BCUT2D eigenvalue weighted by Crippen LogP contribution is 2.21. The van der Waals surface area contributed by atoms with Crippen molar-refractivity contribution in [2.24, 2.45) is 0 Å². The fourth-order valence-corrected chi connectivity index (χ4v) is 1.81. The number of hydrogen-bond donors (Lipinski definition) is 1. The lowest BCUT2D eigenvalue weighted by atomic mass is 10.3. The van der Waals surface area contributed by atoms with Crippen LogP contribution >= 0.6 is 15.9 Å². The molecule has 0 atom stereocenters. The predicted octanol–water partition coefficient (Wildman–Crippen LogP) is 2.51. The van der Waals surface area contributed by atoms with Gasteiger partial charge in [-0.3, -0.25) is 0 Å². The minimum Gasteiger partial charge on any atom is -0.489 e. The minimum absolute atomic E-state index is 0.291. The Balaban J connectivity index is 2.12. The standard InChI is InChI=1S/C13H20BrFN2O/c1-17(2)8-3-6-16-7-9-18-13-10-11(14)4-5-12(13)15/h4-5,10,16H,3,6-9H2,1-2H3. The van der Waals surface area contributed by atoms with E-state index in [1.54, 1.807) is 12.1 Å². The second-order valence-corrected chi connectivity index (χ2v) is 5.25. The molecule has 0 saturated heterocycles. The van der Waals surface area contributed by atoms with E-state index in [2.05, 4.69) is 40.2 Å². The fraction of sp³-hybridized carbons (Fsp3) is 0.538. The molecule has 0 amide bonds. The quantitative estimate of drug-likeness (QED) is 0.745. The Kier molecular flexibility index (Phi) is 7.23.